The van der Waals surface area contributed by atoms with Gasteiger partial charge >= 0.3 is 0 Å². The normalized spacial score (nSPS) is 36.2. The summed E-state index contributed by atoms with van der Waals surface area (Å²) in [6.45, 7) is 0. The first-order valence-electron chi connectivity index (χ1n) is 7.34. The van der Waals surface area contributed by atoms with Crippen LogP contribution < -0.4 is 0 Å². The Labute approximate surface area is 128 Å². The molecule has 2 bridgehead atoms. The molecule has 2 heterocycles. The fourth-order valence-corrected chi connectivity index (χ4v) is 6.22. The quantitative estimate of drug-likeness (QED) is 0.804. The van der Waals surface area contributed by atoms with Gasteiger partial charge in [-0.1, -0.05) is 66.4 Å². The highest BCUT2D eigenvalue weighted by molar-refractivity contribution is 8.14. The maximum absolute atomic E-state index is 12.9. The number of fused-ring (bicyclic) bond motifs is 8. The van der Waals surface area contributed by atoms with Crippen molar-refractivity contribution in [1.82, 2.24) is 4.90 Å². The van der Waals surface area contributed by atoms with E-state index >= 15 is 0 Å². The number of benzene rings is 2. The molecule has 2 aliphatic heterocycles. The van der Waals surface area contributed by atoms with Crippen LogP contribution in [0.3, 0.4) is 0 Å². The molecule has 0 N–H and O–H groups in total. The summed E-state index contributed by atoms with van der Waals surface area (Å²) < 4.78 is 0. The van der Waals surface area contributed by atoms with E-state index in [4.69, 9.17) is 0 Å². The summed E-state index contributed by atoms with van der Waals surface area (Å²) in [7, 11) is 2.12. The molecule has 2 fully saturated rings. The van der Waals surface area contributed by atoms with E-state index in [9.17, 15) is 4.79 Å². The second-order valence-corrected chi connectivity index (χ2v) is 7.26. The van der Waals surface area contributed by atoms with Crippen molar-refractivity contribution in [3.8, 4) is 0 Å². The van der Waals surface area contributed by atoms with E-state index in [0.29, 0.717) is 17.0 Å². The van der Waals surface area contributed by atoms with Crippen LogP contribution in [0.5, 0.6) is 0 Å². The Kier molecular flexibility index (Phi) is 2.17. The average Bonchev–Trinajstić information content (AvgIpc) is 2.87. The van der Waals surface area contributed by atoms with Gasteiger partial charge in [0.1, 0.15) is 5.54 Å². The first kappa shape index (κ1) is 12.0. The molecule has 21 heavy (non-hydrogen) atoms. The second-order valence-electron chi connectivity index (χ2n) is 6.17. The van der Waals surface area contributed by atoms with Crippen LogP contribution in [0.25, 0.3) is 0 Å². The number of rotatable bonds is 1. The molecular formula is C18H15NOS. The van der Waals surface area contributed by atoms with Crippen molar-refractivity contribution in [1.29, 1.82) is 0 Å². The molecule has 4 atom stereocenters. The van der Waals surface area contributed by atoms with Gasteiger partial charge in [0.2, 0.25) is 5.12 Å². The minimum absolute atomic E-state index is 0.289. The van der Waals surface area contributed by atoms with Gasteiger partial charge < -0.3 is 0 Å². The first-order chi connectivity index (χ1) is 10.3. The zero-order chi connectivity index (χ0) is 14.2. The molecule has 104 valence electrons. The van der Waals surface area contributed by atoms with E-state index in [0.717, 1.165) is 5.56 Å². The minimum atomic E-state index is -0.463. The molecule has 0 unspecified atom stereocenters. The van der Waals surface area contributed by atoms with E-state index in [2.05, 4.69) is 48.3 Å². The molecule has 3 heteroatoms. The van der Waals surface area contributed by atoms with Crippen molar-refractivity contribution >= 4 is 16.9 Å². The van der Waals surface area contributed by atoms with Crippen LogP contribution in [0.15, 0.2) is 54.6 Å². The lowest BCUT2D eigenvalue weighted by Crippen LogP contribution is -2.47. The largest absolute Gasteiger partial charge is 0.285 e. The molecule has 0 saturated carbocycles. The van der Waals surface area contributed by atoms with E-state index in [1.54, 1.807) is 0 Å². The van der Waals surface area contributed by atoms with Gasteiger partial charge in [0.05, 0.1) is 5.37 Å². The number of thioether (sulfide) groups is 1. The van der Waals surface area contributed by atoms with Crippen LogP contribution in [-0.2, 0) is 10.3 Å². The van der Waals surface area contributed by atoms with Crippen molar-refractivity contribution in [2.24, 2.45) is 0 Å². The van der Waals surface area contributed by atoms with Gasteiger partial charge in [-0.15, -0.1) is 0 Å². The Morgan fingerprint density at radius 3 is 2.43 bits per heavy atom. The second kappa shape index (κ2) is 3.79. The summed E-state index contributed by atoms with van der Waals surface area (Å²) in [5.74, 6) is 0.814. The number of likely N-dealkylation sites (N-methyl/N-ethyl adjacent to an activating group) is 1. The highest BCUT2D eigenvalue weighted by Crippen LogP contribution is 2.72. The van der Waals surface area contributed by atoms with Crippen molar-refractivity contribution in [2.75, 3.05) is 7.05 Å². The number of nitrogens with zero attached hydrogens (tertiary/aromatic N) is 1. The van der Waals surface area contributed by atoms with Crippen molar-refractivity contribution in [3.63, 3.8) is 0 Å². The third-order valence-corrected chi connectivity index (χ3v) is 6.87. The third kappa shape index (κ3) is 1.16. The molecule has 0 radical (unpaired) electrons. The Morgan fingerprint density at radius 1 is 1.00 bits per heavy atom. The number of hydrogen-bond acceptors (Lipinski definition) is 3. The van der Waals surface area contributed by atoms with E-state index < -0.39 is 5.54 Å². The van der Waals surface area contributed by atoms with Gasteiger partial charge in [0.25, 0.3) is 0 Å². The summed E-state index contributed by atoms with van der Waals surface area (Å²) in [5, 5.41) is 0.606. The molecule has 2 aromatic rings. The lowest BCUT2D eigenvalue weighted by atomic mass is 9.61. The molecule has 2 nitrogen and oxygen atoms in total. The molecular weight excluding hydrogens is 278 g/mol. The highest BCUT2D eigenvalue weighted by atomic mass is 32.2. The predicted octanol–water partition coefficient (Wildman–Crippen LogP) is 3.31. The number of hydrogen-bond donors (Lipinski definition) is 0. The molecule has 2 aromatic carbocycles. The van der Waals surface area contributed by atoms with E-state index in [1.807, 2.05) is 18.2 Å². The Balaban J connectivity index is 1.79. The number of carbonyl (C=O) groups is 1. The Hall–Kier alpha value is -1.58. The molecule has 0 spiro atoms. The molecule has 1 aliphatic carbocycles. The Bertz CT molecular complexity index is 759. The molecule has 0 amide bonds. The number of carbonyl (C=O) groups excluding carboxylic acids is 1. The third-order valence-electron chi connectivity index (χ3n) is 5.50. The van der Waals surface area contributed by atoms with Crippen LogP contribution in [-0.4, -0.2) is 22.4 Å². The molecule has 5 rings (SSSR count). The maximum atomic E-state index is 12.9. The standard InChI is InChI=1S/C18H15NOS/c1-19-16-14-12-9-5-6-10-13(12)15(14)18(19,17(20)21-16)11-7-3-2-4-8-11/h2-10,14-16H,1H3/t14-,15+,16+,18+/m0/s1. The van der Waals surface area contributed by atoms with E-state index in [1.165, 1.54) is 22.9 Å². The van der Waals surface area contributed by atoms with Gasteiger partial charge in [0, 0.05) is 11.8 Å². The first-order valence-corrected chi connectivity index (χ1v) is 8.22. The summed E-state index contributed by atoms with van der Waals surface area (Å²) in [5.41, 5.74) is 3.50. The van der Waals surface area contributed by atoms with Gasteiger partial charge in [0.15, 0.2) is 0 Å². The summed E-state index contributed by atoms with van der Waals surface area (Å²) >= 11 is 1.53. The lowest BCUT2D eigenvalue weighted by Gasteiger charge is -2.46. The zero-order valence-corrected chi connectivity index (χ0v) is 12.5. The molecule has 3 aliphatic rings. The van der Waals surface area contributed by atoms with Gasteiger partial charge in [-0.2, -0.15) is 0 Å². The molecule has 0 aromatic heterocycles. The van der Waals surface area contributed by atoms with Crippen molar-refractivity contribution in [3.05, 3.63) is 71.3 Å². The lowest BCUT2D eigenvalue weighted by molar-refractivity contribution is -0.120. The molecule has 2 saturated heterocycles. The van der Waals surface area contributed by atoms with Crippen LogP contribution in [0.1, 0.15) is 28.5 Å². The smallest absolute Gasteiger partial charge is 0.216 e. The summed E-state index contributed by atoms with van der Waals surface area (Å²) in [4.78, 5) is 15.2. The van der Waals surface area contributed by atoms with Gasteiger partial charge in [-0.05, 0) is 23.7 Å². The predicted molar refractivity (Wildman–Crippen MR) is 84.2 cm³/mol. The minimum Gasteiger partial charge on any atom is -0.285 e. The van der Waals surface area contributed by atoms with Crippen LogP contribution in [0.4, 0.5) is 0 Å². The fourth-order valence-electron chi connectivity index (χ4n) is 4.65. The van der Waals surface area contributed by atoms with Gasteiger partial charge in [-0.25, -0.2) is 0 Å². The van der Waals surface area contributed by atoms with Crippen LogP contribution in [0.2, 0.25) is 0 Å². The average molecular weight is 293 g/mol. The summed E-state index contributed by atoms with van der Waals surface area (Å²) in [6, 6.07) is 19.0. The van der Waals surface area contributed by atoms with Crippen molar-refractivity contribution < 1.29 is 4.79 Å². The van der Waals surface area contributed by atoms with Crippen molar-refractivity contribution in [2.45, 2.75) is 22.7 Å². The fraction of sp³-hybridized carbons (Fsp3) is 0.278. The van der Waals surface area contributed by atoms with Crippen LogP contribution in [0, 0.1) is 0 Å². The summed E-state index contributed by atoms with van der Waals surface area (Å²) in [6.07, 6.45) is 0. The SMILES string of the molecule is CN1[C@@H]2SC(=O)[C@@]1(c1ccccc1)[C@@H]1c3ccccc3[C@H]21. The maximum Gasteiger partial charge on any atom is 0.216 e. The Morgan fingerprint density at radius 2 is 1.67 bits per heavy atom. The van der Waals surface area contributed by atoms with Gasteiger partial charge in [-0.3, -0.25) is 9.69 Å². The van der Waals surface area contributed by atoms with Crippen LogP contribution >= 0.6 is 11.8 Å². The highest BCUT2D eigenvalue weighted by Gasteiger charge is 2.72. The van der Waals surface area contributed by atoms with E-state index in [-0.39, 0.29) is 5.37 Å². The topological polar surface area (TPSA) is 20.3 Å². The zero-order valence-electron chi connectivity index (χ0n) is 11.7. The monoisotopic (exact) mass is 293 g/mol.